The minimum Gasteiger partial charge on any atom is -0.391 e. The second kappa shape index (κ2) is 7.21. The van der Waals surface area contributed by atoms with Crippen LogP contribution in [0.15, 0.2) is 11.8 Å². The zero-order valence-electron chi connectivity index (χ0n) is 10.2. The SMILES string of the molecule is C=C(C)[SiH](OC(C)CC)OC(C)CC. The maximum atomic E-state index is 5.85. The Morgan fingerprint density at radius 1 is 1.14 bits per heavy atom. The van der Waals surface area contributed by atoms with E-state index in [2.05, 4.69) is 34.3 Å². The highest BCUT2D eigenvalue weighted by Crippen LogP contribution is 2.10. The quantitative estimate of drug-likeness (QED) is 0.609. The molecule has 0 amide bonds. The third-order valence-corrected chi connectivity index (χ3v) is 4.49. The van der Waals surface area contributed by atoms with E-state index in [1.54, 1.807) is 0 Å². The average Bonchev–Trinajstić information content (AvgIpc) is 2.16. The van der Waals surface area contributed by atoms with Crippen LogP contribution in [0.2, 0.25) is 0 Å². The van der Waals surface area contributed by atoms with Crippen molar-refractivity contribution in [1.82, 2.24) is 0 Å². The van der Waals surface area contributed by atoms with E-state index in [0.29, 0.717) is 0 Å². The highest BCUT2D eigenvalue weighted by molar-refractivity contribution is 6.53. The summed E-state index contributed by atoms with van der Waals surface area (Å²) in [7, 11) is -1.65. The number of hydrogen-bond acceptors (Lipinski definition) is 2. The summed E-state index contributed by atoms with van der Waals surface area (Å²) in [5, 5.41) is 1.07. The molecule has 0 spiro atoms. The predicted octanol–water partition coefficient (Wildman–Crippen LogP) is 2.95. The molecule has 0 heterocycles. The molecule has 0 aromatic heterocycles. The molecule has 0 aliphatic heterocycles. The van der Waals surface area contributed by atoms with E-state index in [1.807, 2.05) is 6.92 Å². The molecule has 3 heteroatoms. The Kier molecular flexibility index (Phi) is 7.14. The van der Waals surface area contributed by atoms with Crippen molar-refractivity contribution in [2.24, 2.45) is 0 Å². The first kappa shape index (κ1) is 13.9. The Labute approximate surface area is 90.2 Å². The van der Waals surface area contributed by atoms with Gasteiger partial charge in [0.1, 0.15) is 0 Å². The lowest BCUT2D eigenvalue weighted by molar-refractivity contribution is 0.116. The fourth-order valence-electron chi connectivity index (χ4n) is 0.879. The summed E-state index contributed by atoms with van der Waals surface area (Å²) >= 11 is 0. The van der Waals surface area contributed by atoms with Crippen LogP contribution < -0.4 is 0 Å². The zero-order chi connectivity index (χ0) is 11.1. The van der Waals surface area contributed by atoms with Gasteiger partial charge in [-0.3, -0.25) is 0 Å². The molecule has 2 atom stereocenters. The second-order valence-electron chi connectivity index (χ2n) is 3.89. The summed E-state index contributed by atoms with van der Waals surface area (Å²) in [6.45, 7) is 14.4. The molecule has 2 unspecified atom stereocenters. The molecule has 0 saturated carbocycles. The number of hydrogen-bond donors (Lipinski definition) is 0. The topological polar surface area (TPSA) is 18.5 Å². The van der Waals surface area contributed by atoms with Crippen LogP contribution >= 0.6 is 0 Å². The molecule has 0 aliphatic carbocycles. The molecule has 0 aromatic carbocycles. The van der Waals surface area contributed by atoms with E-state index in [9.17, 15) is 0 Å². The van der Waals surface area contributed by atoms with Crippen LogP contribution in [0.4, 0.5) is 0 Å². The predicted molar refractivity (Wildman–Crippen MR) is 63.6 cm³/mol. The summed E-state index contributed by atoms with van der Waals surface area (Å²) in [6, 6.07) is 0. The van der Waals surface area contributed by atoms with Gasteiger partial charge in [-0.15, -0.1) is 0 Å². The lowest BCUT2D eigenvalue weighted by atomic mass is 10.3. The summed E-state index contributed by atoms with van der Waals surface area (Å²) in [5.74, 6) is 0. The van der Waals surface area contributed by atoms with Crippen LogP contribution in [0.25, 0.3) is 0 Å². The van der Waals surface area contributed by atoms with Crippen molar-refractivity contribution in [3.63, 3.8) is 0 Å². The maximum Gasteiger partial charge on any atom is 0.351 e. The Morgan fingerprint density at radius 2 is 1.50 bits per heavy atom. The van der Waals surface area contributed by atoms with E-state index >= 15 is 0 Å². The summed E-state index contributed by atoms with van der Waals surface area (Å²) in [4.78, 5) is 0. The lowest BCUT2D eigenvalue weighted by Gasteiger charge is -2.23. The average molecular weight is 216 g/mol. The van der Waals surface area contributed by atoms with Gasteiger partial charge in [0.15, 0.2) is 0 Å². The van der Waals surface area contributed by atoms with Crippen molar-refractivity contribution in [1.29, 1.82) is 0 Å². The van der Waals surface area contributed by atoms with E-state index in [4.69, 9.17) is 8.85 Å². The molecule has 0 bridgehead atoms. The fraction of sp³-hybridized carbons (Fsp3) is 0.818. The highest BCUT2D eigenvalue weighted by Gasteiger charge is 2.19. The molecule has 0 saturated heterocycles. The maximum absolute atomic E-state index is 5.85. The van der Waals surface area contributed by atoms with Gasteiger partial charge in [-0.05, 0) is 38.8 Å². The molecule has 0 rings (SSSR count). The van der Waals surface area contributed by atoms with Gasteiger partial charge in [-0.1, -0.05) is 20.4 Å². The fourth-order valence-corrected chi connectivity index (χ4v) is 2.64. The lowest BCUT2D eigenvalue weighted by Crippen LogP contribution is -2.32. The normalized spacial score (nSPS) is 17.5. The Morgan fingerprint density at radius 3 is 1.71 bits per heavy atom. The van der Waals surface area contributed by atoms with Gasteiger partial charge >= 0.3 is 9.28 Å². The molecule has 0 radical (unpaired) electrons. The Bertz CT molecular complexity index is 159. The second-order valence-corrected chi connectivity index (χ2v) is 6.08. The molecule has 0 N–H and O–H groups in total. The summed E-state index contributed by atoms with van der Waals surface area (Å²) in [6.07, 6.45) is 2.63. The minimum absolute atomic E-state index is 0.285. The van der Waals surface area contributed by atoms with Crippen molar-refractivity contribution < 1.29 is 8.85 Å². The summed E-state index contributed by atoms with van der Waals surface area (Å²) in [5.41, 5.74) is 0. The van der Waals surface area contributed by atoms with Gasteiger partial charge in [0, 0.05) is 12.2 Å². The third-order valence-electron chi connectivity index (χ3n) is 2.26. The van der Waals surface area contributed by atoms with E-state index < -0.39 is 9.28 Å². The largest absolute Gasteiger partial charge is 0.391 e. The van der Waals surface area contributed by atoms with Gasteiger partial charge in [-0.25, -0.2) is 0 Å². The zero-order valence-corrected chi connectivity index (χ0v) is 11.3. The number of allylic oxidation sites excluding steroid dienone is 1. The van der Waals surface area contributed by atoms with Crippen LogP contribution in [0.3, 0.4) is 0 Å². The molecule has 0 fully saturated rings. The molecule has 0 aliphatic rings. The first-order valence-electron chi connectivity index (χ1n) is 5.47. The van der Waals surface area contributed by atoms with Gasteiger partial charge < -0.3 is 8.85 Å². The van der Waals surface area contributed by atoms with E-state index in [0.717, 1.165) is 18.0 Å². The van der Waals surface area contributed by atoms with Gasteiger partial charge in [0.2, 0.25) is 0 Å². The van der Waals surface area contributed by atoms with Crippen LogP contribution in [-0.2, 0) is 8.85 Å². The molecule has 2 nitrogen and oxygen atoms in total. The van der Waals surface area contributed by atoms with Gasteiger partial charge in [-0.2, -0.15) is 0 Å². The van der Waals surface area contributed by atoms with Crippen molar-refractivity contribution in [2.75, 3.05) is 0 Å². The van der Waals surface area contributed by atoms with Gasteiger partial charge in [0.25, 0.3) is 0 Å². The number of rotatable bonds is 7. The first-order chi connectivity index (χ1) is 6.51. The third kappa shape index (κ3) is 5.57. The smallest absolute Gasteiger partial charge is 0.351 e. The first-order valence-corrected chi connectivity index (χ1v) is 6.99. The molecule has 14 heavy (non-hydrogen) atoms. The van der Waals surface area contributed by atoms with Crippen molar-refractivity contribution >= 4 is 9.28 Å². The van der Waals surface area contributed by atoms with Crippen LogP contribution in [-0.4, -0.2) is 21.5 Å². The molecule has 0 aromatic rings. The molecule has 84 valence electrons. The van der Waals surface area contributed by atoms with E-state index in [1.165, 1.54) is 0 Å². The highest BCUT2D eigenvalue weighted by atomic mass is 28.3. The molecular formula is C11H24O2Si. The monoisotopic (exact) mass is 216 g/mol. The standard InChI is InChI=1S/C11H24O2Si/c1-7-10(5)12-14(9(3)4)13-11(6)8-2/h10-11,14H,3,7-8H2,1-2,4-6H3. The van der Waals surface area contributed by atoms with E-state index in [-0.39, 0.29) is 12.2 Å². The van der Waals surface area contributed by atoms with Crippen LogP contribution in [0.1, 0.15) is 47.5 Å². The Balaban J connectivity index is 4.09. The van der Waals surface area contributed by atoms with Crippen molar-refractivity contribution in [2.45, 2.75) is 59.7 Å². The van der Waals surface area contributed by atoms with Crippen molar-refractivity contribution in [3.8, 4) is 0 Å². The van der Waals surface area contributed by atoms with Gasteiger partial charge in [0.05, 0.1) is 0 Å². The minimum atomic E-state index is -1.65. The Hall–Kier alpha value is -0.123. The van der Waals surface area contributed by atoms with Crippen LogP contribution in [0, 0.1) is 0 Å². The molecular weight excluding hydrogens is 192 g/mol. The summed E-state index contributed by atoms with van der Waals surface area (Å²) < 4.78 is 11.7. The van der Waals surface area contributed by atoms with Crippen LogP contribution in [0.5, 0.6) is 0 Å². The van der Waals surface area contributed by atoms with Crippen molar-refractivity contribution in [3.05, 3.63) is 11.8 Å².